The van der Waals surface area contributed by atoms with E-state index in [0.717, 1.165) is 45.8 Å². The average molecular weight is 430 g/mol. The quantitative estimate of drug-likeness (QED) is 0.688. The Labute approximate surface area is 167 Å². The summed E-state index contributed by atoms with van der Waals surface area (Å²) >= 11 is 3.64. The zero-order valence-corrected chi connectivity index (χ0v) is 16.8. The van der Waals surface area contributed by atoms with E-state index in [1.807, 2.05) is 18.2 Å². The Kier molecular flexibility index (Phi) is 4.90. The van der Waals surface area contributed by atoms with Gasteiger partial charge in [0.25, 0.3) is 0 Å². The van der Waals surface area contributed by atoms with Crippen molar-refractivity contribution in [1.82, 2.24) is 4.90 Å². The number of benzene rings is 2. The molecular weight excluding hydrogens is 410 g/mol. The van der Waals surface area contributed by atoms with Crippen molar-refractivity contribution in [2.45, 2.75) is 19.0 Å². The van der Waals surface area contributed by atoms with Crippen LogP contribution >= 0.6 is 15.9 Å². The van der Waals surface area contributed by atoms with E-state index in [2.05, 4.69) is 32.8 Å². The smallest absolute Gasteiger partial charge is 0.231 e. The zero-order chi connectivity index (χ0) is 19.0. The van der Waals surface area contributed by atoms with Crippen LogP contribution in [0.4, 0.5) is 0 Å². The van der Waals surface area contributed by atoms with Gasteiger partial charge in [-0.1, -0.05) is 21.9 Å². The zero-order valence-electron chi connectivity index (χ0n) is 15.3. The van der Waals surface area contributed by atoms with Gasteiger partial charge in [0.05, 0.1) is 20.3 Å². The number of fused-ring (bicyclic) bond motifs is 2. The van der Waals surface area contributed by atoms with Crippen molar-refractivity contribution in [1.29, 1.82) is 0 Å². The molecule has 1 atom stereocenters. The van der Waals surface area contributed by atoms with E-state index >= 15 is 0 Å². The van der Waals surface area contributed by atoms with E-state index in [9.17, 15) is 0 Å². The summed E-state index contributed by atoms with van der Waals surface area (Å²) in [6, 6.07) is 7.79. The second-order valence-corrected chi connectivity index (χ2v) is 7.31. The number of nitrogens with zero attached hydrogens (tertiary/aromatic N) is 1. The molecule has 0 fully saturated rings. The summed E-state index contributed by atoms with van der Waals surface area (Å²) in [6.45, 7) is 1.74. The first-order valence-electron chi connectivity index (χ1n) is 8.68. The van der Waals surface area contributed by atoms with Gasteiger partial charge in [-0.3, -0.25) is 4.90 Å². The van der Waals surface area contributed by atoms with Crippen molar-refractivity contribution in [2.24, 2.45) is 0 Å². The summed E-state index contributed by atoms with van der Waals surface area (Å²) in [6.07, 6.45) is 6.84. The molecule has 0 saturated heterocycles. The molecule has 0 radical (unpaired) electrons. The van der Waals surface area contributed by atoms with Gasteiger partial charge in [0.15, 0.2) is 23.0 Å². The molecule has 140 valence electrons. The third-order valence-electron chi connectivity index (χ3n) is 5.07. The Hall–Kier alpha value is -2.36. The normalized spacial score (nSPS) is 17.9. The SMILES string of the molecule is C#C[C@@H]1c2cc3c(cc2CCN1Cc1c(Br)ccc(OC)c1OC)OCO3. The molecule has 2 heterocycles. The number of hydrogen-bond donors (Lipinski definition) is 0. The maximum Gasteiger partial charge on any atom is 0.231 e. The Morgan fingerprint density at radius 1 is 1.22 bits per heavy atom. The largest absolute Gasteiger partial charge is 0.493 e. The van der Waals surface area contributed by atoms with Crippen LogP contribution in [0.2, 0.25) is 0 Å². The minimum Gasteiger partial charge on any atom is -0.493 e. The Morgan fingerprint density at radius 3 is 2.70 bits per heavy atom. The number of terminal acetylenes is 1. The molecule has 0 saturated carbocycles. The molecule has 2 aliphatic heterocycles. The van der Waals surface area contributed by atoms with Crippen LogP contribution in [0, 0.1) is 12.3 Å². The standard InChI is InChI=1S/C21H20BrNO4/c1-4-17-14-10-20-19(26-12-27-20)9-13(14)7-8-23(17)11-15-16(22)5-6-18(24-2)21(15)25-3/h1,5-6,9-10,17H,7-8,11-12H2,2-3H3/t17-/m1/s1. The van der Waals surface area contributed by atoms with Crippen molar-refractivity contribution < 1.29 is 18.9 Å². The van der Waals surface area contributed by atoms with Gasteiger partial charge in [0.2, 0.25) is 6.79 Å². The molecule has 0 amide bonds. The van der Waals surface area contributed by atoms with Gasteiger partial charge in [-0.05, 0) is 41.8 Å². The number of ether oxygens (including phenoxy) is 4. The van der Waals surface area contributed by atoms with Gasteiger partial charge < -0.3 is 18.9 Å². The first-order chi connectivity index (χ1) is 13.2. The van der Waals surface area contributed by atoms with Crippen LogP contribution in [-0.2, 0) is 13.0 Å². The van der Waals surface area contributed by atoms with Crippen LogP contribution < -0.4 is 18.9 Å². The van der Waals surface area contributed by atoms with E-state index in [0.29, 0.717) is 12.3 Å². The van der Waals surface area contributed by atoms with Crippen molar-refractivity contribution in [3.8, 4) is 35.3 Å². The van der Waals surface area contributed by atoms with Gasteiger partial charge in [0, 0.05) is 23.1 Å². The van der Waals surface area contributed by atoms with Crippen LogP contribution in [0.1, 0.15) is 22.7 Å². The topological polar surface area (TPSA) is 40.2 Å². The van der Waals surface area contributed by atoms with Crippen LogP contribution in [0.3, 0.4) is 0 Å². The van der Waals surface area contributed by atoms with Crippen LogP contribution in [-0.4, -0.2) is 32.5 Å². The predicted octanol–water partition coefficient (Wildman–Crippen LogP) is 3.93. The lowest BCUT2D eigenvalue weighted by molar-refractivity contribution is 0.174. The minimum absolute atomic E-state index is 0.147. The molecule has 0 N–H and O–H groups in total. The van der Waals surface area contributed by atoms with Crippen LogP contribution in [0.5, 0.6) is 23.0 Å². The van der Waals surface area contributed by atoms with E-state index in [1.54, 1.807) is 14.2 Å². The highest BCUT2D eigenvalue weighted by molar-refractivity contribution is 9.10. The number of methoxy groups -OCH3 is 2. The lowest BCUT2D eigenvalue weighted by Crippen LogP contribution is -2.34. The fourth-order valence-corrected chi connectivity index (χ4v) is 4.18. The van der Waals surface area contributed by atoms with Gasteiger partial charge in [-0.15, -0.1) is 6.42 Å². The third kappa shape index (κ3) is 3.11. The molecule has 5 nitrogen and oxygen atoms in total. The van der Waals surface area contributed by atoms with Gasteiger partial charge in [0.1, 0.15) is 0 Å². The van der Waals surface area contributed by atoms with Gasteiger partial charge >= 0.3 is 0 Å². The molecule has 6 heteroatoms. The maximum atomic E-state index is 5.94. The Balaban J connectivity index is 1.69. The summed E-state index contributed by atoms with van der Waals surface area (Å²) in [7, 11) is 3.29. The molecule has 27 heavy (non-hydrogen) atoms. The van der Waals surface area contributed by atoms with Crippen molar-refractivity contribution in [2.75, 3.05) is 27.6 Å². The third-order valence-corrected chi connectivity index (χ3v) is 5.82. The maximum absolute atomic E-state index is 5.94. The van der Waals surface area contributed by atoms with E-state index < -0.39 is 0 Å². The number of rotatable bonds is 4. The summed E-state index contributed by atoms with van der Waals surface area (Å²) in [5, 5.41) is 0. The molecule has 2 aliphatic rings. The Bertz CT molecular complexity index is 921. The van der Waals surface area contributed by atoms with Gasteiger partial charge in [-0.25, -0.2) is 0 Å². The Morgan fingerprint density at radius 2 is 2.00 bits per heavy atom. The van der Waals surface area contributed by atoms with E-state index in [4.69, 9.17) is 25.4 Å². The lowest BCUT2D eigenvalue weighted by Gasteiger charge is -2.35. The molecule has 2 aromatic rings. The molecule has 0 aliphatic carbocycles. The minimum atomic E-state index is -0.147. The van der Waals surface area contributed by atoms with Gasteiger partial charge in [-0.2, -0.15) is 0 Å². The summed E-state index contributed by atoms with van der Waals surface area (Å²) in [4.78, 5) is 2.27. The van der Waals surface area contributed by atoms with Crippen molar-refractivity contribution in [3.63, 3.8) is 0 Å². The highest BCUT2D eigenvalue weighted by Crippen LogP contribution is 2.42. The van der Waals surface area contributed by atoms with E-state index in [-0.39, 0.29) is 12.8 Å². The summed E-state index contributed by atoms with van der Waals surface area (Å²) < 4.78 is 23.1. The van der Waals surface area contributed by atoms with Crippen molar-refractivity contribution in [3.05, 3.63) is 45.4 Å². The fraction of sp³-hybridized carbons (Fsp3) is 0.333. The molecule has 0 bridgehead atoms. The number of halogens is 1. The monoisotopic (exact) mass is 429 g/mol. The first kappa shape index (κ1) is 18.0. The van der Waals surface area contributed by atoms with E-state index in [1.165, 1.54) is 5.56 Å². The molecular formula is C21H20BrNO4. The second-order valence-electron chi connectivity index (χ2n) is 6.46. The number of hydrogen-bond acceptors (Lipinski definition) is 5. The molecule has 2 aromatic carbocycles. The predicted molar refractivity (Wildman–Crippen MR) is 105 cm³/mol. The fourth-order valence-electron chi connectivity index (χ4n) is 3.74. The summed E-state index contributed by atoms with van der Waals surface area (Å²) in [5.74, 6) is 5.93. The molecule has 0 unspecified atom stereocenters. The van der Waals surface area contributed by atoms with Crippen LogP contribution in [0.15, 0.2) is 28.7 Å². The highest BCUT2D eigenvalue weighted by Gasteiger charge is 2.30. The second kappa shape index (κ2) is 7.34. The first-order valence-corrected chi connectivity index (χ1v) is 9.47. The average Bonchev–Trinajstić information content (AvgIpc) is 3.14. The summed E-state index contributed by atoms with van der Waals surface area (Å²) in [5.41, 5.74) is 3.34. The van der Waals surface area contributed by atoms with Crippen LogP contribution in [0.25, 0.3) is 0 Å². The molecule has 0 aromatic heterocycles. The highest BCUT2D eigenvalue weighted by atomic mass is 79.9. The molecule has 4 rings (SSSR count). The van der Waals surface area contributed by atoms with Crippen molar-refractivity contribution >= 4 is 15.9 Å². The molecule has 0 spiro atoms. The lowest BCUT2D eigenvalue weighted by atomic mass is 9.91.